The lowest BCUT2D eigenvalue weighted by molar-refractivity contribution is 0.0954. The predicted molar refractivity (Wildman–Crippen MR) is 99.7 cm³/mol. The van der Waals surface area contributed by atoms with Crippen LogP contribution in [0, 0.1) is 6.92 Å². The van der Waals surface area contributed by atoms with Crippen molar-refractivity contribution in [1.29, 1.82) is 0 Å². The number of benzene rings is 1. The molecule has 130 valence electrons. The SMILES string of the molecule is Cc1ccc(-c2cc(C(=O)NCCCN(C)C)c3ccccc3n2)o1. The van der Waals surface area contributed by atoms with E-state index in [2.05, 4.69) is 15.2 Å². The quantitative estimate of drug-likeness (QED) is 0.700. The Labute approximate surface area is 147 Å². The van der Waals surface area contributed by atoms with Crippen molar-refractivity contribution in [2.24, 2.45) is 0 Å². The van der Waals surface area contributed by atoms with Crippen LogP contribution in [0.4, 0.5) is 0 Å². The van der Waals surface area contributed by atoms with E-state index in [0.717, 1.165) is 29.6 Å². The van der Waals surface area contributed by atoms with Crippen LogP contribution in [0.5, 0.6) is 0 Å². The third-order valence-electron chi connectivity index (χ3n) is 4.02. The van der Waals surface area contributed by atoms with Gasteiger partial charge in [0.25, 0.3) is 5.91 Å². The molecule has 1 aromatic carbocycles. The number of nitrogens with zero attached hydrogens (tertiary/aromatic N) is 2. The molecule has 0 saturated heterocycles. The average Bonchev–Trinajstić information content (AvgIpc) is 3.04. The molecule has 3 rings (SSSR count). The first-order valence-corrected chi connectivity index (χ1v) is 8.44. The second kappa shape index (κ2) is 7.49. The Balaban J connectivity index is 1.91. The molecule has 0 spiro atoms. The Kier molecular flexibility index (Phi) is 5.14. The third-order valence-corrected chi connectivity index (χ3v) is 4.02. The van der Waals surface area contributed by atoms with E-state index >= 15 is 0 Å². The topological polar surface area (TPSA) is 58.4 Å². The van der Waals surface area contributed by atoms with E-state index < -0.39 is 0 Å². The zero-order chi connectivity index (χ0) is 17.8. The van der Waals surface area contributed by atoms with Gasteiger partial charge in [-0.2, -0.15) is 0 Å². The number of pyridine rings is 1. The van der Waals surface area contributed by atoms with Crippen molar-refractivity contribution in [3.63, 3.8) is 0 Å². The summed E-state index contributed by atoms with van der Waals surface area (Å²) in [6.07, 6.45) is 0.909. The lowest BCUT2D eigenvalue weighted by Crippen LogP contribution is -2.27. The molecule has 5 heteroatoms. The Hall–Kier alpha value is -2.66. The van der Waals surface area contributed by atoms with Crippen molar-refractivity contribution >= 4 is 16.8 Å². The molecule has 0 bridgehead atoms. The number of aryl methyl sites for hydroxylation is 1. The maximum absolute atomic E-state index is 12.7. The van der Waals surface area contributed by atoms with Gasteiger partial charge in [0.05, 0.1) is 11.1 Å². The van der Waals surface area contributed by atoms with Gasteiger partial charge in [0.1, 0.15) is 11.5 Å². The standard InChI is InChI=1S/C20H23N3O2/c1-14-9-10-19(25-14)18-13-16(15-7-4-5-8-17(15)22-18)20(24)21-11-6-12-23(2)3/h4-5,7-10,13H,6,11-12H2,1-3H3,(H,21,24). The minimum atomic E-state index is -0.0816. The third kappa shape index (κ3) is 4.06. The number of carbonyl (C=O) groups excluding carboxylic acids is 1. The largest absolute Gasteiger partial charge is 0.460 e. The van der Waals surface area contributed by atoms with Crippen LogP contribution in [0.15, 0.2) is 46.9 Å². The van der Waals surface area contributed by atoms with Gasteiger partial charge in [-0.05, 0) is 58.3 Å². The summed E-state index contributed by atoms with van der Waals surface area (Å²) in [5, 5.41) is 3.85. The van der Waals surface area contributed by atoms with E-state index in [-0.39, 0.29) is 5.91 Å². The number of aromatic nitrogens is 1. The Bertz CT molecular complexity index is 884. The van der Waals surface area contributed by atoms with E-state index in [1.54, 1.807) is 0 Å². The highest BCUT2D eigenvalue weighted by molar-refractivity contribution is 6.07. The molecule has 5 nitrogen and oxygen atoms in total. The second-order valence-electron chi connectivity index (χ2n) is 6.40. The fourth-order valence-electron chi connectivity index (χ4n) is 2.75. The maximum Gasteiger partial charge on any atom is 0.252 e. The lowest BCUT2D eigenvalue weighted by Gasteiger charge is -2.11. The summed E-state index contributed by atoms with van der Waals surface area (Å²) in [6, 6.07) is 13.3. The van der Waals surface area contributed by atoms with Crippen LogP contribution in [0.1, 0.15) is 22.5 Å². The molecule has 0 saturated carbocycles. The number of furan rings is 1. The molecule has 2 aromatic heterocycles. The molecule has 0 aliphatic heterocycles. The number of nitrogens with one attached hydrogen (secondary N) is 1. The molecule has 25 heavy (non-hydrogen) atoms. The van der Waals surface area contributed by atoms with Gasteiger partial charge in [-0.3, -0.25) is 4.79 Å². The normalized spacial score (nSPS) is 11.2. The van der Waals surface area contributed by atoms with Crippen molar-refractivity contribution in [3.05, 3.63) is 53.8 Å². The van der Waals surface area contributed by atoms with Crippen LogP contribution < -0.4 is 5.32 Å². The molecule has 1 N–H and O–H groups in total. The van der Waals surface area contributed by atoms with E-state index in [1.165, 1.54) is 0 Å². The summed E-state index contributed by atoms with van der Waals surface area (Å²) in [5.74, 6) is 1.41. The minimum Gasteiger partial charge on any atom is -0.460 e. The number of rotatable bonds is 6. The first-order chi connectivity index (χ1) is 12.0. The van der Waals surface area contributed by atoms with E-state index in [9.17, 15) is 4.79 Å². The molecule has 2 heterocycles. The predicted octanol–water partition coefficient (Wildman–Crippen LogP) is 3.48. The fraction of sp³-hybridized carbons (Fsp3) is 0.300. The van der Waals surface area contributed by atoms with Crippen LogP contribution in [0.3, 0.4) is 0 Å². The zero-order valence-corrected chi connectivity index (χ0v) is 14.9. The number of fused-ring (bicyclic) bond motifs is 1. The lowest BCUT2D eigenvalue weighted by atomic mass is 10.1. The Morgan fingerprint density at radius 1 is 1.20 bits per heavy atom. The Morgan fingerprint density at radius 2 is 2.00 bits per heavy atom. The average molecular weight is 337 g/mol. The van der Waals surface area contributed by atoms with Gasteiger partial charge in [0.15, 0.2) is 5.76 Å². The maximum atomic E-state index is 12.7. The number of carbonyl (C=O) groups is 1. The van der Waals surface area contributed by atoms with Gasteiger partial charge < -0.3 is 14.6 Å². The van der Waals surface area contributed by atoms with Crippen molar-refractivity contribution in [2.75, 3.05) is 27.2 Å². The summed E-state index contributed by atoms with van der Waals surface area (Å²) in [4.78, 5) is 19.5. The molecule has 0 aliphatic carbocycles. The van der Waals surface area contributed by atoms with Gasteiger partial charge >= 0.3 is 0 Å². The molecule has 0 unspecified atom stereocenters. The molecule has 3 aromatic rings. The summed E-state index contributed by atoms with van der Waals surface area (Å²) >= 11 is 0. The number of para-hydroxylation sites is 1. The van der Waals surface area contributed by atoms with E-state index in [0.29, 0.717) is 23.6 Å². The van der Waals surface area contributed by atoms with Crippen LogP contribution in [0.2, 0.25) is 0 Å². The smallest absolute Gasteiger partial charge is 0.252 e. The Morgan fingerprint density at radius 3 is 2.72 bits per heavy atom. The van der Waals surface area contributed by atoms with Crippen molar-refractivity contribution < 1.29 is 9.21 Å². The van der Waals surface area contributed by atoms with Crippen molar-refractivity contribution in [1.82, 2.24) is 15.2 Å². The van der Waals surface area contributed by atoms with Crippen LogP contribution in [0.25, 0.3) is 22.4 Å². The van der Waals surface area contributed by atoms with Crippen molar-refractivity contribution in [2.45, 2.75) is 13.3 Å². The second-order valence-corrected chi connectivity index (χ2v) is 6.40. The van der Waals surface area contributed by atoms with Gasteiger partial charge in [-0.15, -0.1) is 0 Å². The molecule has 0 aliphatic rings. The highest BCUT2D eigenvalue weighted by atomic mass is 16.3. The molecule has 0 fully saturated rings. The van der Waals surface area contributed by atoms with Gasteiger partial charge in [-0.25, -0.2) is 4.98 Å². The van der Waals surface area contributed by atoms with Crippen LogP contribution in [-0.4, -0.2) is 43.0 Å². The van der Waals surface area contributed by atoms with Crippen LogP contribution >= 0.6 is 0 Å². The minimum absolute atomic E-state index is 0.0816. The van der Waals surface area contributed by atoms with E-state index in [4.69, 9.17) is 4.42 Å². The van der Waals surface area contributed by atoms with Gasteiger partial charge in [-0.1, -0.05) is 18.2 Å². The monoisotopic (exact) mass is 337 g/mol. The molecule has 1 amide bonds. The van der Waals surface area contributed by atoms with Crippen LogP contribution in [-0.2, 0) is 0 Å². The number of hydrogen-bond donors (Lipinski definition) is 1. The molecule has 0 radical (unpaired) electrons. The summed E-state index contributed by atoms with van der Waals surface area (Å²) in [5.41, 5.74) is 2.08. The van der Waals surface area contributed by atoms with Gasteiger partial charge in [0.2, 0.25) is 0 Å². The number of amides is 1. The van der Waals surface area contributed by atoms with Crippen molar-refractivity contribution in [3.8, 4) is 11.5 Å². The van der Waals surface area contributed by atoms with Gasteiger partial charge in [0, 0.05) is 11.9 Å². The fourth-order valence-corrected chi connectivity index (χ4v) is 2.75. The summed E-state index contributed by atoms with van der Waals surface area (Å²) in [7, 11) is 4.05. The molecular formula is C20H23N3O2. The molecular weight excluding hydrogens is 314 g/mol. The van der Waals surface area contributed by atoms with E-state index in [1.807, 2.05) is 63.5 Å². The number of hydrogen-bond acceptors (Lipinski definition) is 4. The first-order valence-electron chi connectivity index (χ1n) is 8.44. The highest BCUT2D eigenvalue weighted by Gasteiger charge is 2.15. The zero-order valence-electron chi connectivity index (χ0n) is 14.9. The summed E-state index contributed by atoms with van der Waals surface area (Å²) in [6.45, 7) is 3.47. The highest BCUT2D eigenvalue weighted by Crippen LogP contribution is 2.26. The first kappa shape index (κ1) is 17.2. The summed E-state index contributed by atoms with van der Waals surface area (Å²) < 4.78 is 5.68. The molecule has 0 atom stereocenters.